The highest BCUT2D eigenvalue weighted by Gasteiger charge is 2.43. The molecule has 0 unspecified atom stereocenters. The molecule has 3 amide bonds. The van der Waals surface area contributed by atoms with Crippen molar-refractivity contribution in [2.75, 3.05) is 7.11 Å². The molecule has 6 heteroatoms. The van der Waals surface area contributed by atoms with Crippen LogP contribution in [0.15, 0.2) is 109 Å². The van der Waals surface area contributed by atoms with Crippen molar-refractivity contribution in [2.24, 2.45) is 0 Å². The van der Waals surface area contributed by atoms with Crippen molar-refractivity contribution in [1.29, 1.82) is 0 Å². The standard InChI is InChI=1S/C31H26N2O4/c1-37-24-18-16-23(17-19-24)28(22-12-6-3-7-13-22)32-29(34)27(20-21-10-4-2-5-11-21)33-30(35)25-14-8-9-15-26(25)31(33)36/h2-19,27-28H,20H2,1H3,(H,32,34)/t27-,28-/m0/s1. The molecule has 1 heterocycles. The molecular formula is C31H26N2O4. The first-order valence-electron chi connectivity index (χ1n) is 12.1. The highest BCUT2D eigenvalue weighted by atomic mass is 16.5. The summed E-state index contributed by atoms with van der Waals surface area (Å²) in [6.07, 6.45) is 0.197. The van der Waals surface area contributed by atoms with Gasteiger partial charge in [-0.15, -0.1) is 0 Å². The molecule has 6 nitrogen and oxygen atoms in total. The fourth-order valence-corrected chi connectivity index (χ4v) is 4.67. The van der Waals surface area contributed by atoms with Crippen LogP contribution in [0.2, 0.25) is 0 Å². The molecule has 37 heavy (non-hydrogen) atoms. The summed E-state index contributed by atoms with van der Waals surface area (Å²) in [5.41, 5.74) is 3.20. The predicted octanol–water partition coefficient (Wildman–Crippen LogP) is 4.81. The molecule has 1 aliphatic heterocycles. The van der Waals surface area contributed by atoms with Crippen molar-refractivity contribution >= 4 is 17.7 Å². The average molecular weight is 491 g/mol. The van der Waals surface area contributed by atoms with Crippen LogP contribution in [-0.4, -0.2) is 35.8 Å². The molecule has 1 aliphatic rings. The smallest absolute Gasteiger partial charge is 0.262 e. The minimum Gasteiger partial charge on any atom is -0.497 e. The second-order valence-electron chi connectivity index (χ2n) is 8.86. The second kappa shape index (κ2) is 10.5. The molecule has 1 N–H and O–H groups in total. The van der Waals surface area contributed by atoms with Crippen molar-refractivity contribution in [3.8, 4) is 5.75 Å². The van der Waals surface area contributed by atoms with E-state index in [0.29, 0.717) is 16.9 Å². The van der Waals surface area contributed by atoms with E-state index in [2.05, 4.69) is 5.32 Å². The van der Waals surface area contributed by atoms with E-state index < -0.39 is 29.8 Å². The van der Waals surface area contributed by atoms with E-state index in [9.17, 15) is 14.4 Å². The Labute approximate surface area is 215 Å². The zero-order valence-corrected chi connectivity index (χ0v) is 20.3. The number of nitrogens with one attached hydrogen (secondary N) is 1. The van der Waals surface area contributed by atoms with Gasteiger partial charge in [0.2, 0.25) is 5.91 Å². The average Bonchev–Trinajstić information content (AvgIpc) is 3.21. The van der Waals surface area contributed by atoms with E-state index in [1.165, 1.54) is 0 Å². The van der Waals surface area contributed by atoms with E-state index in [4.69, 9.17) is 4.74 Å². The molecule has 0 saturated carbocycles. The molecule has 0 spiro atoms. The number of nitrogens with zero attached hydrogens (tertiary/aromatic N) is 1. The first-order chi connectivity index (χ1) is 18.1. The lowest BCUT2D eigenvalue weighted by Gasteiger charge is -2.28. The molecule has 2 atom stereocenters. The normalized spacial score (nSPS) is 14.1. The van der Waals surface area contributed by atoms with Crippen LogP contribution in [-0.2, 0) is 11.2 Å². The number of fused-ring (bicyclic) bond motifs is 1. The number of benzene rings is 4. The Kier molecular flexibility index (Phi) is 6.81. The fourth-order valence-electron chi connectivity index (χ4n) is 4.67. The number of carbonyl (C=O) groups excluding carboxylic acids is 3. The Morgan fingerprint density at radius 2 is 1.24 bits per heavy atom. The van der Waals surface area contributed by atoms with Gasteiger partial charge < -0.3 is 10.1 Å². The maximum Gasteiger partial charge on any atom is 0.262 e. The van der Waals surface area contributed by atoms with Crippen LogP contribution >= 0.6 is 0 Å². The minimum absolute atomic E-state index is 0.197. The summed E-state index contributed by atoms with van der Waals surface area (Å²) in [5, 5.41) is 3.13. The Bertz CT molecular complexity index is 1380. The third kappa shape index (κ3) is 4.86. The first kappa shape index (κ1) is 24.0. The van der Waals surface area contributed by atoms with Crippen LogP contribution in [0.1, 0.15) is 43.4 Å². The van der Waals surface area contributed by atoms with Gasteiger partial charge in [0, 0.05) is 6.42 Å². The Morgan fingerprint density at radius 1 is 0.730 bits per heavy atom. The van der Waals surface area contributed by atoms with Crippen LogP contribution in [0, 0.1) is 0 Å². The zero-order chi connectivity index (χ0) is 25.8. The third-order valence-electron chi connectivity index (χ3n) is 6.58. The summed E-state index contributed by atoms with van der Waals surface area (Å²) in [4.78, 5) is 41.8. The van der Waals surface area contributed by atoms with Crippen LogP contribution in [0.25, 0.3) is 0 Å². The molecule has 5 rings (SSSR count). The molecule has 4 aromatic carbocycles. The monoisotopic (exact) mass is 490 g/mol. The predicted molar refractivity (Wildman–Crippen MR) is 140 cm³/mol. The lowest BCUT2D eigenvalue weighted by molar-refractivity contribution is -0.125. The van der Waals surface area contributed by atoms with Crippen molar-refractivity contribution in [3.63, 3.8) is 0 Å². The molecule has 4 aromatic rings. The molecule has 0 aromatic heterocycles. The number of ether oxygens (including phenoxy) is 1. The SMILES string of the molecule is COc1ccc([C@@H](NC(=O)[C@H](Cc2ccccc2)N2C(=O)c3ccccc3C2=O)c2ccccc2)cc1. The number of hydrogen-bond donors (Lipinski definition) is 1. The molecule has 0 saturated heterocycles. The van der Waals surface area contributed by atoms with Crippen molar-refractivity contribution in [3.05, 3.63) is 137 Å². The first-order valence-corrected chi connectivity index (χ1v) is 12.1. The number of hydrogen-bond acceptors (Lipinski definition) is 4. The summed E-state index contributed by atoms with van der Waals surface area (Å²) in [6, 6.07) is 31.6. The summed E-state index contributed by atoms with van der Waals surface area (Å²) >= 11 is 0. The summed E-state index contributed by atoms with van der Waals surface area (Å²) in [7, 11) is 1.60. The van der Waals surface area contributed by atoms with Gasteiger partial charge in [0.05, 0.1) is 24.3 Å². The van der Waals surface area contributed by atoms with Crippen LogP contribution in [0.4, 0.5) is 0 Å². The maximum atomic E-state index is 14.0. The van der Waals surface area contributed by atoms with Gasteiger partial charge in [-0.05, 0) is 41.0 Å². The Morgan fingerprint density at radius 3 is 1.81 bits per heavy atom. The van der Waals surface area contributed by atoms with Crippen molar-refractivity contribution in [1.82, 2.24) is 10.2 Å². The lowest BCUT2D eigenvalue weighted by Crippen LogP contribution is -2.51. The van der Waals surface area contributed by atoms with Crippen LogP contribution in [0.5, 0.6) is 5.75 Å². The van der Waals surface area contributed by atoms with E-state index >= 15 is 0 Å². The van der Waals surface area contributed by atoms with Crippen molar-refractivity contribution in [2.45, 2.75) is 18.5 Å². The highest BCUT2D eigenvalue weighted by Crippen LogP contribution is 2.28. The van der Waals surface area contributed by atoms with E-state index in [0.717, 1.165) is 21.6 Å². The number of imide groups is 1. The fraction of sp³-hybridized carbons (Fsp3) is 0.129. The van der Waals surface area contributed by atoms with Gasteiger partial charge in [-0.1, -0.05) is 84.9 Å². The molecule has 0 radical (unpaired) electrons. The highest BCUT2D eigenvalue weighted by molar-refractivity contribution is 6.22. The number of rotatable bonds is 8. The van der Waals surface area contributed by atoms with E-state index in [1.54, 1.807) is 31.4 Å². The van der Waals surface area contributed by atoms with E-state index in [1.807, 2.05) is 84.9 Å². The summed E-state index contributed by atoms with van der Waals surface area (Å²) in [5.74, 6) is -0.632. The topological polar surface area (TPSA) is 75.7 Å². The lowest BCUT2D eigenvalue weighted by atomic mass is 9.97. The number of amides is 3. The number of carbonyl (C=O) groups is 3. The zero-order valence-electron chi connectivity index (χ0n) is 20.3. The van der Waals surface area contributed by atoms with Gasteiger partial charge in [-0.2, -0.15) is 0 Å². The van der Waals surface area contributed by atoms with Gasteiger partial charge in [-0.25, -0.2) is 0 Å². The quantitative estimate of drug-likeness (QED) is 0.360. The molecule has 0 fully saturated rings. The van der Waals surface area contributed by atoms with Crippen LogP contribution in [0.3, 0.4) is 0 Å². The van der Waals surface area contributed by atoms with Crippen LogP contribution < -0.4 is 10.1 Å². The third-order valence-corrected chi connectivity index (χ3v) is 6.58. The van der Waals surface area contributed by atoms with Gasteiger partial charge in [0.25, 0.3) is 11.8 Å². The molecule has 0 aliphatic carbocycles. The number of methoxy groups -OCH3 is 1. The Balaban J connectivity index is 1.51. The van der Waals surface area contributed by atoms with Gasteiger partial charge in [-0.3, -0.25) is 19.3 Å². The summed E-state index contributed by atoms with van der Waals surface area (Å²) < 4.78 is 5.29. The second-order valence-corrected chi connectivity index (χ2v) is 8.86. The molecule has 0 bridgehead atoms. The van der Waals surface area contributed by atoms with Gasteiger partial charge in [0.1, 0.15) is 11.8 Å². The minimum atomic E-state index is -1.03. The van der Waals surface area contributed by atoms with Gasteiger partial charge in [0.15, 0.2) is 0 Å². The molecule has 184 valence electrons. The maximum absolute atomic E-state index is 14.0. The summed E-state index contributed by atoms with van der Waals surface area (Å²) in [6.45, 7) is 0. The van der Waals surface area contributed by atoms with E-state index in [-0.39, 0.29) is 6.42 Å². The Hall–Kier alpha value is -4.71. The largest absolute Gasteiger partial charge is 0.497 e. The van der Waals surface area contributed by atoms with Crippen molar-refractivity contribution < 1.29 is 19.1 Å². The van der Waals surface area contributed by atoms with Gasteiger partial charge >= 0.3 is 0 Å². The molecular weight excluding hydrogens is 464 g/mol.